The summed E-state index contributed by atoms with van der Waals surface area (Å²) in [7, 11) is 0. The Morgan fingerprint density at radius 3 is 2.72 bits per heavy atom. The fourth-order valence-electron chi connectivity index (χ4n) is 2.60. The molecule has 0 aliphatic carbocycles. The first-order valence-corrected chi connectivity index (χ1v) is 10.2. The van der Waals surface area contributed by atoms with Crippen LogP contribution in [-0.4, -0.2) is 22.3 Å². The van der Waals surface area contributed by atoms with Crippen LogP contribution in [0.5, 0.6) is 5.75 Å². The Bertz CT molecular complexity index is 1040. The summed E-state index contributed by atoms with van der Waals surface area (Å²) in [5.74, 6) is -0.0361. The van der Waals surface area contributed by atoms with E-state index in [-0.39, 0.29) is 10.7 Å². The first-order chi connectivity index (χ1) is 13.8. The van der Waals surface area contributed by atoms with E-state index in [1.54, 1.807) is 38.1 Å². The Hall–Kier alpha value is -2.70. The largest absolute Gasteiger partial charge is 0.493 e. The zero-order chi connectivity index (χ0) is 21.6. The maximum absolute atomic E-state index is 12.7. The second-order valence-corrected chi connectivity index (χ2v) is 7.66. The average Bonchev–Trinajstić information content (AvgIpc) is 2.66. The summed E-state index contributed by atoms with van der Waals surface area (Å²) < 4.78 is 7.55. The van der Waals surface area contributed by atoms with E-state index in [1.165, 1.54) is 0 Å². The Morgan fingerprint density at radius 2 is 2.07 bits per heavy atom. The molecular formula is C20H21BrN4O3S. The summed E-state index contributed by atoms with van der Waals surface area (Å²) in [4.78, 5) is 25.2. The molecule has 0 aliphatic heterocycles. The van der Waals surface area contributed by atoms with Crippen LogP contribution in [0.1, 0.15) is 46.9 Å². The number of unbranched alkanes of at least 4 members (excludes halogenated alkanes) is 1. The van der Waals surface area contributed by atoms with E-state index < -0.39 is 11.5 Å². The van der Waals surface area contributed by atoms with Crippen LogP contribution >= 0.6 is 28.1 Å². The van der Waals surface area contributed by atoms with Crippen molar-refractivity contribution >= 4 is 39.2 Å². The maximum Gasteiger partial charge on any atom is 0.287 e. The maximum atomic E-state index is 12.7. The van der Waals surface area contributed by atoms with Gasteiger partial charge in [0.05, 0.1) is 12.2 Å². The van der Waals surface area contributed by atoms with E-state index in [0.29, 0.717) is 33.6 Å². The summed E-state index contributed by atoms with van der Waals surface area (Å²) in [6.07, 6.45) is 1.84. The van der Waals surface area contributed by atoms with Gasteiger partial charge in [0.2, 0.25) is 0 Å². The fourth-order valence-corrected chi connectivity index (χ4v) is 3.14. The van der Waals surface area contributed by atoms with Gasteiger partial charge in [0.15, 0.2) is 5.11 Å². The third kappa shape index (κ3) is 5.65. The molecule has 0 atom stereocenters. The minimum Gasteiger partial charge on any atom is -0.493 e. The van der Waals surface area contributed by atoms with Crippen molar-refractivity contribution in [2.24, 2.45) is 0 Å². The van der Waals surface area contributed by atoms with Crippen molar-refractivity contribution in [2.75, 3.05) is 12.0 Å². The van der Waals surface area contributed by atoms with Crippen LogP contribution in [0, 0.1) is 25.2 Å². The van der Waals surface area contributed by atoms with Crippen molar-refractivity contribution in [1.29, 1.82) is 5.26 Å². The highest BCUT2D eigenvalue weighted by atomic mass is 79.9. The van der Waals surface area contributed by atoms with Gasteiger partial charge in [0.25, 0.3) is 11.5 Å². The monoisotopic (exact) mass is 476 g/mol. The van der Waals surface area contributed by atoms with Crippen molar-refractivity contribution in [2.45, 2.75) is 33.6 Å². The normalized spacial score (nSPS) is 10.2. The number of ether oxygens (including phenoxy) is 1. The number of aryl methyl sites for hydroxylation is 2. The van der Waals surface area contributed by atoms with Crippen LogP contribution in [0.25, 0.3) is 0 Å². The molecule has 0 aliphatic rings. The number of hydrogen-bond donors (Lipinski definition) is 2. The number of halogens is 1. The summed E-state index contributed by atoms with van der Waals surface area (Å²) in [6, 6.07) is 8.70. The van der Waals surface area contributed by atoms with Gasteiger partial charge in [-0.2, -0.15) is 5.26 Å². The second-order valence-electron chi connectivity index (χ2n) is 6.33. The van der Waals surface area contributed by atoms with E-state index in [1.807, 2.05) is 6.07 Å². The van der Waals surface area contributed by atoms with E-state index in [4.69, 9.17) is 17.0 Å². The van der Waals surface area contributed by atoms with E-state index in [9.17, 15) is 14.9 Å². The Morgan fingerprint density at radius 1 is 1.34 bits per heavy atom. The molecule has 2 rings (SSSR count). The molecule has 0 saturated heterocycles. The first kappa shape index (κ1) is 22.6. The third-order valence-corrected chi connectivity index (χ3v) is 4.77. The summed E-state index contributed by atoms with van der Waals surface area (Å²) in [5, 5.41) is 11.6. The molecule has 2 N–H and O–H groups in total. The standard InChI is InChI=1S/C20H21BrN4O3S/c1-4-5-8-28-17-7-6-14(21)10-15(17)18(26)23-20(29)24-25-13(3)9-12(2)16(11-22)19(25)27/h6-7,9-10H,4-5,8H2,1-3H3,(H2,23,24,26,29). The highest BCUT2D eigenvalue weighted by Crippen LogP contribution is 2.23. The molecule has 0 spiro atoms. The van der Waals surface area contributed by atoms with Crippen LogP contribution in [0.3, 0.4) is 0 Å². The fraction of sp³-hybridized carbons (Fsp3) is 0.300. The van der Waals surface area contributed by atoms with Crippen molar-refractivity contribution < 1.29 is 9.53 Å². The summed E-state index contributed by atoms with van der Waals surface area (Å²) in [6.45, 7) is 5.93. The van der Waals surface area contributed by atoms with Crippen molar-refractivity contribution in [3.05, 3.63) is 61.5 Å². The number of nitrogens with zero attached hydrogens (tertiary/aromatic N) is 2. The number of thiocarbonyl (C=S) groups is 1. The molecule has 7 nitrogen and oxygen atoms in total. The van der Waals surface area contributed by atoms with Gasteiger partial charge < -0.3 is 4.74 Å². The summed E-state index contributed by atoms with van der Waals surface area (Å²) in [5.41, 5.74) is 3.58. The lowest BCUT2D eigenvalue weighted by molar-refractivity contribution is 0.0973. The molecule has 1 aromatic heterocycles. The molecule has 29 heavy (non-hydrogen) atoms. The van der Waals surface area contributed by atoms with Gasteiger partial charge in [-0.15, -0.1) is 0 Å². The molecule has 1 aromatic carbocycles. The molecule has 0 unspecified atom stereocenters. The van der Waals surface area contributed by atoms with E-state index >= 15 is 0 Å². The number of hydrogen-bond acceptors (Lipinski definition) is 5. The number of aromatic nitrogens is 1. The molecule has 2 aromatic rings. The predicted octanol–water partition coefficient (Wildman–Crippen LogP) is 3.54. The van der Waals surface area contributed by atoms with Crippen molar-refractivity contribution in [3.8, 4) is 11.8 Å². The molecule has 0 fully saturated rings. The lowest BCUT2D eigenvalue weighted by Gasteiger charge is -2.16. The number of rotatable bonds is 6. The number of carbonyl (C=O) groups is 1. The molecule has 152 valence electrons. The van der Waals surface area contributed by atoms with Crippen LogP contribution in [0.15, 0.2) is 33.5 Å². The second kappa shape index (κ2) is 10.2. The molecule has 1 amide bonds. The lowest BCUT2D eigenvalue weighted by Crippen LogP contribution is -2.43. The highest BCUT2D eigenvalue weighted by Gasteiger charge is 2.16. The lowest BCUT2D eigenvalue weighted by atomic mass is 10.1. The number of amides is 1. The van der Waals surface area contributed by atoms with Gasteiger partial charge in [-0.05, 0) is 62.3 Å². The van der Waals surface area contributed by atoms with Crippen molar-refractivity contribution in [3.63, 3.8) is 0 Å². The Labute approximate surface area is 182 Å². The SMILES string of the molecule is CCCCOc1ccc(Br)cc1C(=O)NC(=S)Nn1c(C)cc(C)c(C#N)c1=O. The molecule has 1 heterocycles. The first-order valence-electron chi connectivity index (χ1n) is 8.96. The minimum atomic E-state index is -0.535. The quantitative estimate of drug-likeness (QED) is 0.488. The van der Waals surface area contributed by atoms with Gasteiger partial charge >= 0.3 is 0 Å². The van der Waals surface area contributed by atoms with Gasteiger partial charge in [-0.3, -0.25) is 20.3 Å². The zero-order valence-corrected chi connectivity index (χ0v) is 18.7. The third-order valence-electron chi connectivity index (χ3n) is 4.08. The predicted molar refractivity (Wildman–Crippen MR) is 119 cm³/mol. The van der Waals surface area contributed by atoms with Crippen LogP contribution in [0.4, 0.5) is 0 Å². The molecule has 0 bridgehead atoms. The van der Waals surface area contributed by atoms with E-state index in [2.05, 4.69) is 33.6 Å². The Balaban J connectivity index is 2.21. The molecule has 9 heteroatoms. The number of nitriles is 1. The van der Waals surface area contributed by atoms with Crippen molar-refractivity contribution in [1.82, 2.24) is 9.99 Å². The smallest absolute Gasteiger partial charge is 0.287 e. The van der Waals surface area contributed by atoms with Gasteiger partial charge in [0, 0.05) is 10.2 Å². The zero-order valence-electron chi connectivity index (χ0n) is 16.3. The highest BCUT2D eigenvalue weighted by molar-refractivity contribution is 9.10. The van der Waals surface area contributed by atoms with E-state index in [0.717, 1.165) is 17.5 Å². The topological polar surface area (TPSA) is 96.2 Å². The van der Waals surface area contributed by atoms with Gasteiger partial charge in [0.1, 0.15) is 17.4 Å². The Kier molecular flexibility index (Phi) is 7.93. The van der Waals surface area contributed by atoms with Crippen LogP contribution in [0.2, 0.25) is 0 Å². The van der Waals surface area contributed by atoms with Gasteiger partial charge in [-0.25, -0.2) is 4.68 Å². The average molecular weight is 477 g/mol. The number of carbonyl (C=O) groups excluding carboxylic acids is 1. The molecular weight excluding hydrogens is 456 g/mol. The number of nitrogens with one attached hydrogen (secondary N) is 2. The van der Waals surface area contributed by atoms with Gasteiger partial charge in [-0.1, -0.05) is 29.3 Å². The molecule has 0 saturated carbocycles. The number of pyridine rings is 1. The van der Waals surface area contributed by atoms with Crippen LogP contribution in [-0.2, 0) is 0 Å². The minimum absolute atomic E-state index is 0.0100. The summed E-state index contributed by atoms with van der Waals surface area (Å²) >= 11 is 8.54. The number of benzene rings is 1. The molecule has 0 radical (unpaired) electrons. The van der Waals surface area contributed by atoms with Crippen LogP contribution < -0.4 is 21.0 Å².